The molecule has 0 aliphatic heterocycles. The van der Waals surface area contributed by atoms with Crippen molar-refractivity contribution in [3.05, 3.63) is 22.7 Å². The third-order valence-electron chi connectivity index (χ3n) is 2.21. The number of carbonyl (C=O) groups is 1. The van der Waals surface area contributed by atoms with Gasteiger partial charge in [0.05, 0.1) is 25.5 Å². The van der Waals surface area contributed by atoms with Gasteiger partial charge in [-0.25, -0.2) is 0 Å². The zero-order valence-corrected chi connectivity index (χ0v) is 10.8. The lowest BCUT2D eigenvalue weighted by atomic mass is 10.3. The van der Waals surface area contributed by atoms with Crippen LogP contribution in [0.1, 0.15) is 9.67 Å². The van der Waals surface area contributed by atoms with Crippen molar-refractivity contribution in [1.82, 2.24) is 25.5 Å². The summed E-state index contributed by atoms with van der Waals surface area (Å²) in [5, 5.41) is 23.9. The van der Waals surface area contributed by atoms with E-state index in [1.54, 1.807) is 11.4 Å². The lowest BCUT2D eigenvalue weighted by molar-refractivity contribution is 0.0840. The van der Waals surface area contributed by atoms with E-state index in [0.717, 1.165) is 0 Å². The number of ether oxygens (including phenoxy) is 1. The van der Waals surface area contributed by atoms with Gasteiger partial charge >= 0.3 is 0 Å². The van der Waals surface area contributed by atoms with Gasteiger partial charge in [-0.15, -0.1) is 16.4 Å². The largest absolute Gasteiger partial charge is 0.394 e. The Morgan fingerprint density at radius 3 is 3.16 bits per heavy atom. The van der Waals surface area contributed by atoms with Gasteiger partial charge in [-0.1, -0.05) is 0 Å². The van der Waals surface area contributed by atoms with Crippen LogP contribution in [0.4, 0.5) is 0 Å². The second-order valence-corrected chi connectivity index (χ2v) is 4.40. The maximum absolute atomic E-state index is 12.0. The number of thiophene rings is 1. The van der Waals surface area contributed by atoms with Crippen molar-refractivity contribution in [2.75, 3.05) is 26.4 Å². The van der Waals surface area contributed by atoms with Crippen LogP contribution in [-0.2, 0) is 4.74 Å². The van der Waals surface area contributed by atoms with E-state index >= 15 is 0 Å². The molecule has 19 heavy (non-hydrogen) atoms. The Morgan fingerprint density at radius 1 is 1.53 bits per heavy atom. The highest BCUT2D eigenvalue weighted by Crippen LogP contribution is 2.19. The molecule has 102 valence electrons. The third-order valence-corrected chi connectivity index (χ3v) is 3.12. The number of amides is 1. The molecule has 0 saturated carbocycles. The molecule has 0 bridgehead atoms. The van der Waals surface area contributed by atoms with Crippen LogP contribution in [0.25, 0.3) is 5.69 Å². The minimum atomic E-state index is -0.201. The summed E-state index contributed by atoms with van der Waals surface area (Å²) in [6.07, 6.45) is 1.43. The maximum atomic E-state index is 12.0. The van der Waals surface area contributed by atoms with Crippen molar-refractivity contribution in [1.29, 1.82) is 0 Å². The van der Waals surface area contributed by atoms with E-state index in [1.807, 2.05) is 0 Å². The lowest BCUT2D eigenvalue weighted by Gasteiger charge is -2.05. The minimum absolute atomic E-state index is 0.0255. The SMILES string of the molecule is O=C(NCCOCCO)c1sccc1-n1cnnn1. The molecule has 0 atom stereocenters. The molecule has 2 aromatic heterocycles. The van der Waals surface area contributed by atoms with E-state index < -0.39 is 0 Å². The van der Waals surface area contributed by atoms with Crippen molar-refractivity contribution < 1.29 is 14.6 Å². The van der Waals surface area contributed by atoms with Gasteiger partial charge in [0.15, 0.2) is 0 Å². The monoisotopic (exact) mass is 283 g/mol. The normalized spacial score (nSPS) is 10.6. The van der Waals surface area contributed by atoms with Gasteiger partial charge in [0, 0.05) is 6.54 Å². The Morgan fingerprint density at radius 2 is 2.42 bits per heavy atom. The molecule has 8 nitrogen and oxygen atoms in total. The van der Waals surface area contributed by atoms with Crippen molar-refractivity contribution in [3.63, 3.8) is 0 Å². The predicted molar refractivity (Wildman–Crippen MR) is 67.3 cm³/mol. The number of carbonyl (C=O) groups excluding carboxylic acids is 1. The summed E-state index contributed by atoms with van der Waals surface area (Å²) in [4.78, 5) is 12.5. The molecule has 0 unspecified atom stereocenters. The summed E-state index contributed by atoms with van der Waals surface area (Å²) >= 11 is 1.31. The van der Waals surface area contributed by atoms with Crippen LogP contribution in [0.2, 0.25) is 0 Å². The number of tetrazole rings is 1. The number of nitrogens with zero attached hydrogens (tertiary/aromatic N) is 4. The Balaban J connectivity index is 1.91. The molecule has 0 fully saturated rings. The molecular weight excluding hydrogens is 270 g/mol. The first-order valence-corrected chi connectivity index (χ1v) is 6.48. The molecule has 2 rings (SSSR count). The summed E-state index contributed by atoms with van der Waals surface area (Å²) < 4.78 is 6.49. The third kappa shape index (κ3) is 3.56. The number of hydrogen-bond donors (Lipinski definition) is 2. The first-order valence-electron chi connectivity index (χ1n) is 5.60. The quantitative estimate of drug-likeness (QED) is 0.662. The van der Waals surface area contributed by atoms with Gasteiger partial charge in [-0.2, -0.15) is 4.68 Å². The van der Waals surface area contributed by atoms with E-state index in [4.69, 9.17) is 9.84 Å². The average molecular weight is 283 g/mol. The summed E-state index contributed by atoms with van der Waals surface area (Å²) in [5.41, 5.74) is 0.642. The van der Waals surface area contributed by atoms with Gasteiger partial charge in [0.25, 0.3) is 5.91 Å². The standard InChI is InChI=1S/C10H13N5O3S/c16-3-5-18-4-2-11-10(17)9-8(1-6-19-9)15-7-12-13-14-15/h1,6-7,16H,2-5H2,(H,11,17). The Labute approximate surface area is 113 Å². The number of aliphatic hydroxyl groups is 1. The highest BCUT2D eigenvalue weighted by molar-refractivity contribution is 7.12. The molecule has 0 aliphatic rings. The molecule has 0 aliphatic carbocycles. The van der Waals surface area contributed by atoms with E-state index in [2.05, 4.69) is 20.8 Å². The molecule has 2 heterocycles. The second-order valence-electron chi connectivity index (χ2n) is 3.48. The maximum Gasteiger partial charge on any atom is 0.263 e. The van der Waals surface area contributed by atoms with E-state index in [0.29, 0.717) is 23.7 Å². The minimum Gasteiger partial charge on any atom is -0.394 e. The van der Waals surface area contributed by atoms with Gasteiger partial charge < -0.3 is 15.2 Å². The van der Waals surface area contributed by atoms with Gasteiger partial charge in [-0.05, 0) is 21.9 Å². The fourth-order valence-corrected chi connectivity index (χ4v) is 2.20. The van der Waals surface area contributed by atoms with Crippen LogP contribution < -0.4 is 5.32 Å². The number of hydrogen-bond acceptors (Lipinski definition) is 7. The smallest absolute Gasteiger partial charge is 0.263 e. The Kier molecular flexibility index (Phi) is 4.95. The molecule has 2 aromatic rings. The van der Waals surface area contributed by atoms with Crippen LogP contribution in [0.5, 0.6) is 0 Å². The van der Waals surface area contributed by atoms with Crippen molar-refractivity contribution in [3.8, 4) is 5.69 Å². The summed E-state index contributed by atoms with van der Waals surface area (Å²) in [7, 11) is 0. The topological polar surface area (TPSA) is 102 Å². The van der Waals surface area contributed by atoms with Crippen LogP contribution >= 0.6 is 11.3 Å². The highest BCUT2D eigenvalue weighted by Gasteiger charge is 2.14. The van der Waals surface area contributed by atoms with Gasteiger partial charge in [0.1, 0.15) is 11.2 Å². The summed E-state index contributed by atoms with van der Waals surface area (Å²) in [6.45, 7) is 0.983. The molecule has 0 radical (unpaired) electrons. The Bertz CT molecular complexity index is 513. The zero-order chi connectivity index (χ0) is 13.5. The molecule has 2 N–H and O–H groups in total. The van der Waals surface area contributed by atoms with Crippen molar-refractivity contribution in [2.24, 2.45) is 0 Å². The van der Waals surface area contributed by atoms with Crippen LogP contribution in [0.15, 0.2) is 17.8 Å². The van der Waals surface area contributed by atoms with Crippen LogP contribution in [0.3, 0.4) is 0 Å². The van der Waals surface area contributed by atoms with Crippen LogP contribution in [0, 0.1) is 0 Å². The van der Waals surface area contributed by atoms with Crippen LogP contribution in [-0.4, -0.2) is 57.6 Å². The predicted octanol–water partition coefficient (Wildman–Crippen LogP) is -0.538. The molecule has 1 amide bonds. The Hall–Kier alpha value is -1.84. The second kappa shape index (κ2) is 6.92. The molecule has 0 spiro atoms. The van der Waals surface area contributed by atoms with Gasteiger partial charge in [-0.3, -0.25) is 4.79 Å². The molecule has 9 heteroatoms. The molecular formula is C10H13N5O3S. The number of aliphatic hydroxyl groups excluding tert-OH is 1. The van der Waals surface area contributed by atoms with Crippen molar-refractivity contribution >= 4 is 17.2 Å². The average Bonchev–Trinajstić information content (AvgIpc) is 3.08. The fraction of sp³-hybridized carbons (Fsp3) is 0.400. The molecule has 0 saturated heterocycles. The van der Waals surface area contributed by atoms with Gasteiger partial charge in [0.2, 0.25) is 0 Å². The first kappa shape index (κ1) is 13.6. The van der Waals surface area contributed by atoms with Crippen molar-refractivity contribution in [2.45, 2.75) is 0 Å². The summed E-state index contributed by atoms with van der Waals surface area (Å²) in [5.74, 6) is -0.201. The first-order chi connectivity index (χ1) is 9.33. The number of rotatable bonds is 7. The molecule has 0 aromatic carbocycles. The van der Waals surface area contributed by atoms with E-state index in [9.17, 15) is 4.79 Å². The fourth-order valence-electron chi connectivity index (χ4n) is 1.41. The number of nitrogens with one attached hydrogen (secondary N) is 1. The lowest BCUT2D eigenvalue weighted by Crippen LogP contribution is -2.27. The van der Waals surface area contributed by atoms with E-state index in [1.165, 1.54) is 22.3 Å². The number of aromatic nitrogens is 4. The van der Waals surface area contributed by atoms with E-state index in [-0.39, 0.29) is 19.1 Å². The highest BCUT2D eigenvalue weighted by atomic mass is 32.1. The summed E-state index contributed by atoms with van der Waals surface area (Å²) in [6, 6.07) is 1.78. The zero-order valence-electron chi connectivity index (χ0n) is 10.0.